The Hall–Kier alpha value is -1.28. The molecule has 82 valence electrons. The highest BCUT2D eigenvalue weighted by molar-refractivity contribution is 5.35. The predicted molar refractivity (Wildman–Crippen MR) is 64.0 cm³/mol. The summed E-state index contributed by atoms with van der Waals surface area (Å²) in [7, 11) is 1.67. The maximum Gasteiger partial charge on any atom is 0.123 e. The van der Waals surface area contributed by atoms with Gasteiger partial charge in [0.2, 0.25) is 0 Å². The molecule has 0 saturated heterocycles. The maximum atomic E-state index is 6.10. The number of ether oxygens (including phenoxy) is 1. The third kappa shape index (κ3) is 3.40. The molecule has 0 aliphatic heterocycles. The van der Waals surface area contributed by atoms with Crippen LogP contribution in [0.1, 0.15) is 31.4 Å². The van der Waals surface area contributed by atoms with E-state index in [1.807, 2.05) is 31.2 Å². The van der Waals surface area contributed by atoms with Gasteiger partial charge in [-0.25, -0.2) is 0 Å². The van der Waals surface area contributed by atoms with Crippen molar-refractivity contribution < 1.29 is 4.74 Å². The van der Waals surface area contributed by atoms with E-state index in [2.05, 4.69) is 6.58 Å². The van der Waals surface area contributed by atoms with Crippen LogP contribution in [0, 0.1) is 0 Å². The van der Waals surface area contributed by atoms with Crippen LogP contribution in [0.2, 0.25) is 0 Å². The normalized spacial score (nSPS) is 12.2. The minimum Gasteiger partial charge on any atom is -0.496 e. The van der Waals surface area contributed by atoms with Crippen LogP contribution in [0.5, 0.6) is 5.75 Å². The first-order valence-corrected chi connectivity index (χ1v) is 5.18. The molecule has 0 saturated carbocycles. The lowest BCUT2D eigenvalue weighted by Gasteiger charge is -2.15. The lowest BCUT2D eigenvalue weighted by molar-refractivity contribution is 0.404. The van der Waals surface area contributed by atoms with Crippen LogP contribution in [0.25, 0.3) is 0 Å². The van der Waals surface area contributed by atoms with E-state index in [1.54, 1.807) is 7.11 Å². The molecule has 2 heteroatoms. The lowest BCUT2D eigenvalue weighted by atomic mass is 10.00. The number of allylic oxidation sites excluding steroid dienone is 1. The Morgan fingerprint density at radius 3 is 2.73 bits per heavy atom. The smallest absolute Gasteiger partial charge is 0.123 e. The predicted octanol–water partition coefficient (Wildman–Crippen LogP) is 3.05. The molecule has 1 aromatic rings. The van der Waals surface area contributed by atoms with Gasteiger partial charge >= 0.3 is 0 Å². The van der Waals surface area contributed by atoms with Crippen molar-refractivity contribution in [2.24, 2.45) is 5.73 Å². The van der Waals surface area contributed by atoms with Gasteiger partial charge in [0.15, 0.2) is 0 Å². The average molecular weight is 205 g/mol. The van der Waals surface area contributed by atoms with Crippen LogP contribution in [0.3, 0.4) is 0 Å². The van der Waals surface area contributed by atoms with Crippen LogP contribution in [-0.2, 0) is 0 Å². The highest BCUT2D eigenvalue weighted by atomic mass is 16.5. The Morgan fingerprint density at radius 2 is 2.13 bits per heavy atom. The third-order valence-electron chi connectivity index (χ3n) is 2.42. The second-order valence-corrected chi connectivity index (χ2v) is 3.84. The van der Waals surface area contributed by atoms with Crippen molar-refractivity contribution >= 4 is 0 Å². The summed E-state index contributed by atoms with van der Waals surface area (Å²) in [6.45, 7) is 5.90. The van der Waals surface area contributed by atoms with Crippen LogP contribution < -0.4 is 10.5 Å². The van der Waals surface area contributed by atoms with Gasteiger partial charge in [0, 0.05) is 11.6 Å². The summed E-state index contributed by atoms with van der Waals surface area (Å²) in [6, 6.07) is 7.92. The SMILES string of the molecule is C=C(C)CCC(N)c1ccccc1OC. The number of rotatable bonds is 5. The van der Waals surface area contributed by atoms with Gasteiger partial charge in [0.1, 0.15) is 5.75 Å². The quantitative estimate of drug-likeness (QED) is 0.750. The molecule has 0 amide bonds. The van der Waals surface area contributed by atoms with E-state index in [0.29, 0.717) is 0 Å². The van der Waals surface area contributed by atoms with Crippen LogP contribution >= 0.6 is 0 Å². The van der Waals surface area contributed by atoms with Crippen LogP contribution in [0.15, 0.2) is 36.4 Å². The van der Waals surface area contributed by atoms with E-state index < -0.39 is 0 Å². The van der Waals surface area contributed by atoms with Crippen molar-refractivity contribution in [3.63, 3.8) is 0 Å². The van der Waals surface area contributed by atoms with Crippen molar-refractivity contribution in [2.75, 3.05) is 7.11 Å². The topological polar surface area (TPSA) is 35.2 Å². The van der Waals surface area contributed by atoms with Gasteiger partial charge in [-0.05, 0) is 25.8 Å². The molecular formula is C13H19NO. The number of nitrogens with two attached hydrogens (primary N) is 1. The summed E-state index contributed by atoms with van der Waals surface area (Å²) in [4.78, 5) is 0. The molecule has 1 atom stereocenters. The number of para-hydroxylation sites is 1. The third-order valence-corrected chi connectivity index (χ3v) is 2.42. The van der Waals surface area contributed by atoms with Gasteiger partial charge in [-0.1, -0.05) is 23.8 Å². The Bertz CT molecular complexity index is 333. The van der Waals surface area contributed by atoms with Crippen molar-refractivity contribution in [2.45, 2.75) is 25.8 Å². The Kier molecular flexibility index (Phi) is 4.37. The first-order chi connectivity index (χ1) is 7.15. The molecule has 1 rings (SSSR count). The molecule has 0 spiro atoms. The van der Waals surface area contributed by atoms with E-state index in [1.165, 1.54) is 5.57 Å². The second-order valence-electron chi connectivity index (χ2n) is 3.84. The fraction of sp³-hybridized carbons (Fsp3) is 0.385. The van der Waals surface area contributed by atoms with Crippen molar-refractivity contribution in [1.29, 1.82) is 0 Å². The standard InChI is InChI=1S/C13H19NO/c1-10(2)8-9-12(14)11-6-4-5-7-13(11)15-3/h4-7,12H,1,8-9,14H2,2-3H3. The minimum atomic E-state index is 0.0258. The molecule has 1 unspecified atom stereocenters. The molecule has 1 aromatic carbocycles. The van der Waals surface area contributed by atoms with Crippen molar-refractivity contribution in [3.8, 4) is 5.75 Å². The molecule has 15 heavy (non-hydrogen) atoms. The highest BCUT2D eigenvalue weighted by Gasteiger charge is 2.10. The van der Waals surface area contributed by atoms with E-state index in [-0.39, 0.29) is 6.04 Å². The zero-order valence-corrected chi connectivity index (χ0v) is 9.49. The Balaban J connectivity index is 2.72. The summed E-state index contributed by atoms with van der Waals surface area (Å²) in [5.74, 6) is 0.867. The van der Waals surface area contributed by atoms with Gasteiger partial charge in [-0.15, -0.1) is 6.58 Å². The van der Waals surface area contributed by atoms with E-state index in [9.17, 15) is 0 Å². The maximum absolute atomic E-state index is 6.10. The molecule has 2 N–H and O–H groups in total. The molecule has 0 radical (unpaired) electrons. The fourth-order valence-electron chi connectivity index (χ4n) is 1.53. The van der Waals surface area contributed by atoms with Crippen LogP contribution in [-0.4, -0.2) is 7.11 Å². The van der Waals surface area contributed by atoms with E-state index in [0.717, 1.165) is 24.2 Å². The summed E-state index contributed by atoms with van der Waals surface area (Å²) >= 11 is 0. The molecule has 0 aromatic heterocycles. The molecule has 0 aliphatic carbocycles. The summed E-state index contributed by atoms with van der Waals surface area (Å²) in [5.41, 5.74) is 8.34. The highest BCUT2D eigenvalue weighted by Crippen LogP contribution is 2.26. The molecule has 2 nitrogen and oxygen atoms in total. The van der Waals surface area contributed by atoms with E-state index in [4.69, 9.17) is 10.5 Å². The number of benzene rings is 1. The fourth-order valence-corrected chi connectivity index (χ4v) is 1.53. The van der Waals surface area contributed by atoms with Gasteiger partial charge in [-0.2, -0.15) is 0 Å². The minimum absolute atomic E-state index is 0.0258. The monoisotopic (exact) mass is 205 g/mol. The molecule has 0 fully saturated rings. The first kappa shape index (κ1) is 11.8. The Morgan fingerprint density at radius 1 is 1.47 bits per heavy atom. The molecular weight excluding hydrogens is 186 g/mol. The van der Waals surface area contributed by atoms with Gasteiger partial charge in [0.05, 0.1) is 7.11 Å². The number of hydrogen-bond donors (Lipinski definition) is 1. The van der Waals surface area contributed by atoms with Gasteiger partial charge in [0.25, 0.3) is 0 Å². The van der Waals surface area contributed by atoms with Gasteiger partial charge in [-0.3, -0.25) is 0 Å². The summed E-state index contributed by atoms with van der Waals surface area (Å²) in [6.07, 6.45) is 1.87. The van der Waals surface area contributed by atoms with Crippen LogP contribution in [0.4, 0.5) is 0 Å². The Labute approximate surface area is 91.7 Å². The van der Waals surface area contributed by atoms with Gasteiger partial charge < -0.3 is 10.5 Å². The zero-order chi connectivity index (χ0) is 11.3. The largest absolute Gasteiger partial charge is 0.496 e. The molecule has 0 aliphatic rings. The zero-order valence-electron chi connectivity index (χ0n) is 9.49. The second kappa shape index (κ2) is 5.56. The summed E-state index contributed by atoms with van der Waals surface area (Å²) in [5, 5.41) is 0. The van der Waals surface area contributed by atoms with E-state index >= 15 is 0 Å². The first-order valence-electron chi connectivity index (χ1n) is 5.18. The average Bonchev–Trinajstić information content (AvgIpc) is 2.25. The van der Waals surface area contributed by atoms with Crippen molar-refractivity contribution in [1.82, 2.24) is 0 Å². The number of hydrogen-bond acceptors (Lipinski definition) is 2. The molecule has 0 bridgehead atoms. The number of methoxy groups -OCH3 is 1. The lowest BCUT2D eigenvalue weighted by Crippen LogP contribution is -2.11. The van der Waals surface area contributed by atoms with Crippen molar-refractivity contribution in [3.05, 3.63) is 42.0 Å². The summed E-state index contributed by atoms with van der Waals surface area (Å²) < 4.78 is 5.27. The molecule has 0 heterocycles.